The molecule has 4 aromatic heterocycles. The van der Waals surface area contributed by atoms with Crippen molar-refractivity contribution in [3.63, 3.8) is 0 Å². The van der Waals surface area contributed by atoms with Crippen molar-refractivity contribution in [2.75, 3.05) is 0 Å². The Morgan fingerprint density at radius 1 is 0.268 bits per heavy atom. The molecule has 0 aliphatic carbocycles. The Kier molecular flexibility index (Phi) is 7.31. The molecule has 0 aliphatic rings. The van der Waals surface area contributed by atoms with E-state index in [4.69, 9.17) is 38.7 Å². The Bertz CT molecular complexity index is 3190. The maximum absolute atomic E-state index is 6.63. The lowest BCUT2D eigenvalue weighted by atomic mass is 10.1. The molecule has 8 nitrogen and oxygen atoms in total. The van der Waals surface area contributed by atoms with Crippen molar-refractivity contribution in [3.05, 3.63) is 170 Å². The highest BCUT2D eigenvalue weighted by molar-refractivity contribution is 6.10. The summed E-state index contributed by atoms with van der Waals surface area (Å²) >= 11 is 0. The monoisotopic (exact) mass is 720 g/mol. The van der Waals surface area contributed by atoms with Gasteiger partial charge in [-0.05, 0) is 42.5 Å². The molecule has 0 radical (unpaired) electrons. The zero-order valence-corrected chi connectivity index (χ0v) is 29.7. The van der Waals surface area contributed by atoms with Gasteiger partial charge in [-0.3, -0.25) is 0 Å². The fourth-order valence-electron chi connectivity index (χ4n) is 7.26. The molecule has 4 heterocycles. The van der Waals surface area contributed by atoms with Crippen LogP contribution in [0.25, 0.3) is 112 Å². The van der Waals surface area contributed by atoms with Gasteiger partial charge in [-0.1, -0.05) is 127 Å². The van der Waals surface area contributed by atoms with E-state index in [-0.39, 0.29) is 0 Å². The standard InChI is InChI=1S/C48H28N6O2/c1-4-13-29(14-5-1)43-49-44(30-15-6-2-7-16-30)51-46(50-43)32-24-26-40-38(27-32)36-20-12-21-37(42(36)56-40)48-53-45(31-17-8-3-9-18-31)52-47(54-48)33-23-25-35-34-19-10-11-22-39(34)55-41(35)28-33/h1-28H. The molecule has 0 amide bonds. The van der Waals surface area contributed by atoms with Crippen LogP contribution in [0.5, 0.6) is 0 Å². The van der Waals surface area contributed by atoms with Crippen molar-refractivity contribution >= 4 is 43.9 Å². The molecular formula is C48H28N6O2. The van der Waals surface area contributed by atoms with Crippen LogP contribution in [-0.2, 0) is 0 Å². The second-order valence-electron chi connectivity index (χ2n) is 13.5. The summed E-state index contributed by atoms with van der Waals surface area (Å²) in [4.78, 5) is 29.9. The maximum atomic E-state index is 6.63. The molecular weight excluding hydrogens is 693 g/mol. The minimum absolute atomic E-state index is 0.501. The molecule has 0 fully saturated rings. The number of rotatable bonds is 6. The highest BCUT2D eigenvalue weighted by Gasteiger charge is 2.20. The molecule has 11 aromatic rings. The topological polar surface area (TPSA) is 104 Å². The average molecular weight is 721 g/mol. The Hall–Kier alpha value is -7.84. The summed E-state index contributed by atoms with van der Waals surface area (Å²) in [7, 11) is 0. The fourth-order valence-corrected chi connectivity index (χ4v) is 7.26. The van der Waals surface area contributed by atoms with E-state index in [0.29, 0.717) is 40.5 Å². The second kappa shape index (κ2) is 12.9. The molecule has 0 atom stereocenters. The first-order valence-corrected chi connectivity index (χ1v) is 18.3. The summed E-state index contributed by atoms with van der Waals surface area (Å²) in [5, 5.41) is 3.96. The van der Waals surface area contributed by atoms with Gasteiger partial charge in [0.1, 0.15) is 22.3 Å². The second-order valence-corrected chi connectivity index (χ2v) is 13.5. The SMILES string of the molecule is c1ccc(-c2nc(-c3ccccc3)nc(-c3ccc4oc5c(-c6nc(-c7ccccc7)nc(-c7ccc8c(c7)oc7ccccc78)n6)cccc5c4c3)n2)cc1. The summed E-state index contributed by atoms with van der Waals surface area (Å²) in [6, 6.07) is 56.2. The number of nitrogens with zero attached hydrogens (tertiary/aromatic N) is 6. The van der Waals surface area contributed by atoms with Crippen LogP contribution in [0.3, 0.4) is 0 Å². The maximum Gasteiger partial charge on any atom is 0.167 e. The van der Waals surface area contributed by atoms with Gasteiger partial charge in [0.25, 0.3) is 0 Å². The lowest BCUT2D eigenvalue weighted by Crippen LogP contribution is -2.00. The summed E-state index contributed by atoms with van der Waals surface area (Å²) in [6.07, 6.45) is 0. The number of furan rings is 2. The van der Waals surface area contributed by atoms with Crippen molar-refractivity contribution in [3.8, 4) is 68.3 Å². The number of hydrogen-bond donors (Lipinski definition) is 0. The quantitative estimate of drug-likeness (QED) is 0.167. The number of para-hydroxylation sites is 2. The highest BCUT2D eigenvalue weighted by Crippen LogP contribution is 2.38. The van der Waals surface area contributed by atoms with Gasteiger partial charge in [0.15, 0.2) is 34.9 Å². The first kappa shape index (κ1) is 31.7. The van der Waals surface area contributed by atoms with Gasteiger partial charge < -0.3 is 8.83 Å². The van der Waals surface area contributed by atoms with Gasteiger partial charge >= 0.3 is 0 Å². The summed E-state index contributed by atoms with van der Waals surface area (Å²) in [5.41, 5.74) is 8.14. The van der Waals surface area contributed by atoms with Gasteiger partial charge in [-0.2, -0.15) is 0 Å². The average Bonchev–Trinajstić information content (AvgIpc) is 3.85. The predicted octanol–water partition coefficient (Wildman–Crippen LogP) is 11.9. The van der Waals surface area contributed by atoms with Crippen LogP contribution in [0.2, 0.25) is 0 Å². The summed E-state index contributed by atoms with van der Waals surface area (Å²) in [5.74, 6) is 3.37. The molecule has 0 N–H and O–H groups in total. The molecule has 0 saturated carbocycles. The summed E-state index contributed by atoms with van der Waals surface area (Å²) in [6.45, 7) is 0. The molecule has 7 aromatic carbocycles. The third kappa shape index (κ3) is 5.47. The van der Waals surface area contributed by atoms with Gasteiger partial charge in [-0.25, -0.2) is 29.9 Å². The van der Waals surface area contributed by atoms with Crippen molar-refractivity contribution in [2.24, 2.45) is 0 Å². The number of hydrogen-bond acceptors (Lipinski definition) is 8. The van der Waals surface area contributed by atoms with E-state index in [2.05, 4.69) is 24.3 Å². The normalized spacial score (nSPS) is 11.6. The van der Waals surface area contributed by atoms with E-state index in [1.807, 2.05) is 146 Å². The van der Waals surface area contributed by atoms with Crippen molar-refractivity contribution in [1.29, 1.82) is 0 Å². The Labute approximate surface area is 319 Å². The number of aromatic nitrogens is 6. The fraction of sp³-hybridized carbons (Fsp3) is 0. The number of fused-ring (bicyclic) bond motifs is 6. The van der Waals surface area contributed by atoms with Gasteiger partial charge in [0.05, 0.1) is 5.56 Å². The smallest absolute Gasteiger partial charge is 0.167 e. The van der Waals surface area contributed by atoms with Crippen LogP contribution >= 0.6 is 0 Å². The molecule has 8 heteroatoms. The largest absolute Gasteiger partial charge is 0.456 e. The van der Waals surface area contributed by atoms with Gasteiger partial charge in [0.2, 0.25) is 0 Å². The van der Waals surface area contributed by atoms with E-state index >= 15 is 0 Å². The van der Waals surface area contributed by atoms with E-state index in [0.717, 1.165) is 71.7 Å². The van der Waals surface area contributed by atoms with Crippen molar-refractivity contribution in [1.82, 2.24) is 29.9 Å². The highest BCUT2D eigenvalue weighted by atomic mass is 16.3. The molecule has 0 unspecified atom stereocenters. The van der Waals surface area contributed by atoms with Gasteiger partial charge in [-0.15, -0.1) is 0 Å². The zero-order chi connectivity index (χ0) is 37.0. The lowest BCUT2D eigenvalue weighted by molar-refractivity contribution is 0.668. The predicted molar refractivity (Wildman–Crippen MR) is 220 cm³/mol. The van der Waals surface area contributed by atoms with Crippen LogP contribution in [0.1, 0.15) is 0 Å². The van der Waals surface area contributed by atoms with Crippen LogP contribution in [0.15, 0.2) is 179 Å². The molecule has 262 valence electrons. The zero-order valence-electron chi connectivity index (χ0n) is 29.7. The van der Waals surface area contributed by atoms with E-state index < -0.39 is 0 Å². The molecule has 0 spiro atoms. The molecule has 0 saturated heterocycles. The first-order chi connectivity index (χ1) is 27.7. The molecule has 56 heavy (non-hydrogen) atoms. The van der Waals surface area contributed by atoms with Crippen molar-refractivity contribution < 1.29 is 8.83 Å². The van der Waals surface area contributed by atoms with Crippen LogP contribution in [0, 0.1) is 0 Å². The van der Waals surface area contributed by atoms with Crippen LogP contribution < -0.4 is 0 Å². The van der Waals surface area contributed by atoms with E-state index in [9.17, 15) is 0 Å². The van der Waals surface area contributed by atoms with E-state index in [1.54, 1.807) is 0 Å². The molecule has 0 aliphatic heterocycles. The van der Waals surface area contributed by atoms with Crippen LogP contribution in [0.4, 0.5) is 0 Å². The third-order valence-corrected chi connectivity index (χ3v) is 10.00. The van der Waals surface area contributed by atoms with Crippen LogP contribution in [-0.4, -0.2) is 29.9 Å². The first-order valence-electron chi connectivity index (χ1n) is 18.3. The third-order valence-electron chi connectivity index (χ3n) is 10.00. The lowest BCUT2D eigenvalue weighted by Gasteiger charge is -2.09. The molecule has 0 bridgehead atoms. The minimum Gasteiger partial charge on any atom is -0.456 e. The van der Waals surface area contributed by atoms with Gasteiger partial charge in [0, 0.05) is 49.4 Å². The van der Waals surface area contributed by atoms with E-state index in [1.165, 1.54) is 0 Å². The Morgan fingerprint density at radius 3 is 1.36 bits per heavy atom. The number of benzene rings is 7. The molecule has 11 rings (SSSR count). The Balaban J connectivity index is 1.06. The summed E-state index contributed by atoms with van der Waals surface area (Å²) < 4.78 is 12.9. The Morgan fingerprint density at radius 2 is 0.732 bits per heavy atom. The minimum atomic E-state index is 0.501. The van der Waals surface area contributed by atoms with Crippen molar-refractivity contribution in [2.45, 2.75) is 0 Å².